The number of carbonyl (C=O) groups is 1. The summed E-state index contributed by atoms with van der Waals surface area (Å²) in [5.74, 6) is -0.384. The average molecular weight is 418 g/mol. The zero-order chi connectivity index (χ0) is 19.9. The molecule has 8 nitrogen and oxygen atoms in total. The highest BCUT2D eigenvalue weighted by atomic mass is 35.5. The molecule has 10 heteroatoms. The predicted octanol–water partition coefficient (Wildman–Crippen LogP) is 2.10. The highest BCUT2D eigenvalue weighted by molar-refractivity contribution is 8.00. The Morgan fingerprint density at radius 1 is 1.39 bits per heavy atom. The molecule has 1 amide bonds. The predicted molar refractivity (Wildman–Crippen MR) is 109 cm³/mol. The summed E-state index contributed by atoms with van der Waals surface area (Å²) in [6, 6.07) is 3.13. The van der Waals surface area contributed by atoms with Crippen LogP contribution in [0.3, 0.4) is 0 Å². The Morgan fingerprint density at radius 2 is 2.21 bits per heavy atom. The fraction of sp³-hybridized carbons (Fsp3) is 0.333. The van der Waals surface area contributed by atoms with Gasteiger partial charge in [0, 0.05) is 24.8 Å². The fourth-order valence-corrected chi connectivity index (χ4v) is 5.15. The molecule has 0 aliphatic carbocycles. The molecule has 4 heterocycles. The van der Waals surface area contributed by atoms with Crippen molar-refractivity contribution in [1.29, 1.82) is 0 Å². The van der Waals surface area contributed by atoms with Gasteiger partial charge in [0.2, 0.25) is 5.91 Å². The van der Waals surface area contributed by atoms with E-state index in [1.54, 1.807) is 37.2 Å². The maximum atomic E-state index is 12.1. The van der Waals surface area contributed by atoms with Crippen molar-refractivity contribution in [3.8, 4) is 0 Å². The summed E-state index contributed by atoms with van der Waals surface area (Å²) >= 11 is 7.85. The van der Waals surface area contributed by atoms with Gasteiger partial charge in [-0.25, -0.2) is 15.4 Å². The molecule has 2 aromatic heterocycles. The van der Waals surface area contributed by atoms with Crippen LogP contribution in [0, 0.1) is 0 Å². The van der Waals surface area contributed by atoms with Crippen LogP contribution < -0.4 is 11.2 Å². The van der Waals surface area contributed by atoms with Gasteiger partial charge in [0.05, 0.1) is 28.1 Å². The fourth-order valence-electron chi connectivity index (χ4n) is 3.47. The molecule has 0 bridgehead atoms. The quantitative estimate of drug-likeness (QED) is 0.772. The van der Waals surface area contributed by atoms with Gasteiger partial charge in [0.25, 0.3) is 0 Å². The number of fused-ring (bicyclic) bond motifs is 1. The van der Waals surface area contributed by atoms with Gasteiger partial charge in [0.15, 0.2) is 5.16 Å². The van der Waals surface area contributed by atoms with E-state index in [1.807, 2.05) is 29.5 Å². The molecule has 0 radical (unpaired) electrons. The van der Waals surface area contributed by atoms with Crippen molar-refractivity contribution in [2.75, 3.05) is 6.54 Å². The minimum Gasteiger partial charge on any atom is -0.368 e. The number of imidazole rings is 1. The van der Waals surface area contributed by atoms with Crippen LogP contribution in [-0.2, 0) is 10.3 Å². The van der Waals surface area contributed by atoms with Gasteiger partial charge < -0.3 is 10.3 Å². The number of nitrogens with zero attached hydrogens (tertiary/aromatic N) is 5. The Labute approximate surface area is 171 Å². The zero-order valence-electron chi connectivity index (χ0n) is 15.4. The van der Waals surface area contributed by atoms with E-state index in [0.29, 0.717) is 11.6 Å². The third-order valence-electron chi connectivity index (χ3n) is 4.68. The number of primary amides is 1. The number of thioether (sulfide) groups is 1. The van der Waals surface area contributed by atoms with Crippen LogP contribution in [0.5, 0.6) is 0 Å². The number of nitrogens with one attached hydrogen (secondary N) is 1. The summed E-state index contributed by atoms with van der Waals surface area (Å²) in [5.41, 5.74) is 10.3. The molecule has 0 spiro atoms. The van der Waals surface area contributed by atoms with Gasteiger partial charge in [-0.2, -0.15) is 0 Å². The lowest BCUT2D eigenvalue weighted by atomic mass is 10.0. The lowest BCUT2D eigenvalue weighted by Crippen LogP contribution is -2.51. The maximum Gasteiger partial charge on any atom is 0.242 e. The molecule has 28 heavy (non-hydrogen) atoms. The normalized spacial score (nSPS) is 21.5. The van der Waals surface area contributed by atoms with E-state index in [9.17, 15) is 4.79 Å². The van der Waals surface area contributed by atoms with E-state index in [4.69, 9.17) is 17.3 Å². The number of nitrogens with two attached hydrogens (primary N) is 1. The van der Waals surface area contributed by atoms with Crippen molar-refractivity contribution in [3.63, 3.8) is 0 Å². The number of aliphatic imine (C=N–C) groups is 1. The zero-order valence-corrected chi connectivity index (χ0v) is 17.0. The van der Waals surface area contributed by atoms with E-state index >= 15 is 0 Å². The standard InChI is InChI=1S/C18H20ClN7OS/c1-18(2,15-12(19)4-3-5-22-15)24-25-9-11(8-21-10-25)14-13(16(20)27)26-7-6-23-17(26)28-14/h3-8,10,13-14,24H,9H2,1-2H3,(H2,20,27). The number of hydrogen-bond acceptors (Lipinski definition) is 7. The number of hydrogen-bond donors (Lipinski definition) is 2. The third kappa shape index (κ3) is 3.41. The second kappa shape index (κ2) is 7.23. The van der Waals surface area contributed by atoms with Crippen LogP contribution in [0.15, 0.2) is 52.6 Å². The Hall–Kier alpha value is -2.36. The first-order valence-corrected chi connectivity index (χ1v) is 9.99. The first-order valence-electron chi connectivity index (χ1n) is 8.73. The Bertz CT molecular complexity index is 970. The summed E-state index contributed by atoms with van der Waals surface area (Å²) in [6.07, 6.45) is 8.67. The minimum atomic E-state index is -0.522. The second-order valence-electron chi connectivity index (χ2n) is 7.17. The van der Waals surface area contributed by atoms with Gasteiger partial charge in [0.1, 0.15) is 12.4 Å². The van der Waals surface area contributed by atoms with Gasteiger partial charge in [-0.1, -0.05) is 23.4 Å². The molecule has 2 atom stereocenters. The van der Waals surface area contributed by atoms with Crippen LogP contribution in [0.2, 0.25) is 5.02 Å². The Balaban J connectivity index is 1.52. The molecule has 3 N–H and O–H groups in total. The van der Waals surface area contributed by atoms with Crippen molar-refractivity contribution >= 4 is 35.6 Å². The summed E-state index contributed by atoms with van der Waals surface area (Å²) < 4.78 is 1.83. The van der Waals surface area contributed by atoms with Gasteiger partial charge in [-0.15, -0.1) is 0 Å². The van der Waals surface area contributed by atoms with Crippen LogP contribution in [0.25, 0.3) is 0 Å². The number of halogens is 1. The molecule has 2 aromatic rings. The van der Waals surface area contributed by atoms with E-state index in [-0.39, 0.29) is 11.2 Å². The summed E-state index contributed by atoms with van der Waals surface area (Å²) in [5, 5.41) is 3.10. The molecule has 0 saturated heterocycles. The number of aromatic nitrogens is 3. The highest BCUT2D eigenvalue weighted by Crippen LogP contribution is 2.43. The minimum absolute atomic E-state index is 0.149. The van der Waals surface area contributed by atoms with Crippen molar-refractivity contribution in [3.05, 3.63) is 53.2 Å². The number of carbonyl (C=O) groups excluding carboxylic acids is 1. The molecule has 0 aromatic carbocycles. The van der Waals surface area contributed by atoms with E-state index in [2.05, 4.69) is 20.4 Å². The van der Waals surface area contributed by atoms with E-state index in [1.165, 1.54) is 11.8 Å². The molecule has 146 valence electrons. The maximum absolute atomic E-state index is 12.1. The first-order chi connectivity index (χ1) is 13.4. The van der Waals surface area contributed by atoms with Crippen molar-refractivity contribution in [1.82, 2.24) is 25.0 Å². The Kier molecular flexibility index (Phi) is 4.90. The summed E-state index contributed by atoms with van der Waals surface area (Å²) in [4.78, 5) is 25.2. The largest absolute Gasteiger partial charge is 0.368 e. The lowest BCUT2D eigenvalue weighted by molar-refractivity contribution is -0.121. The molecular formula is C18H20ClN7OS. The van der Waals surface area contributed by atoms with Crippen molar-refractivity contribution < 1.29 is 4.79 Å². The molecule has 2 unspecified atom stereocenters. The van der Waals surface area contributed by atoms with Crippen molar-refractivity contribution in [2.24, 2.45) is 10.7 Å². The van der Waals surface area contributed by atoms with E-state index in [0.717, 1.165) is 16.4 Å². The van der Waals surface area contributed by atoms with Crippen LogP contribution in [-0.4, -0.2) is 43.6 Å². The third-order valence-corrected chi connectivity index (χ3v) is 6.33. The topological polar surface area (TPSA) is 101 Å². The van der Waals surface area contributed by atoms with Gasteiger partial charge in [-0.05, 0) is 31.6 Å². The number of rotatable bonds is 5. The molecular weight excluding hydrogens is 398 g/mol. The smallest absolute Gasteiger partial charge is 0.242 e. The lowest BCUT2D eigenvalue weighted by Gasteiger charge is -2.35. The highest BCUT2D eigenvalue weighted by Gasteiger charge is 2.41. The molecule has 2 aliphatic heterocycles. The number of pyridine rings is 1. The van der Waals surface area contributed by atoms with E-state index < -0.39 is 11.6 Å². The molecule has 0 saturated carbocycles. The SMILES string of the molecule is CC(C)(NN1C=NC=C(C2Sc3nccn3C2C(N)=O)C1)c1ncccc1Cl. The summed E-state index contributed by atoms with van der Waals surface area (Å²) in [6.45, 7) is 4.54. The van der Waals surface area contributed by atoms with Crippen molar-refractivity contribution in [2.45, 2.75) is 35.8 Å². The van der Waals surface area contributed by atoms with Gasteiger partial charge >= 0.3 is 0 Å². The monoisotopic (exact) mass is 417 g/mol. The molecule has 4 rings (SSSR count). The molecule has 0 fully saturated rings. The molecule has 2 aliphatic rings. The first kappa shape index (κ1) is 19.0. The summed E-state index contributed by atoms with van der Waals surface area (Å²) in [7, 11) is 0. The van der Waals surface area contributed by atoms with Crippen LogP contribution >= 0.6 is 23.4 Å². The number of hydrazine groups is 1. The second-order valence-corrected chi connectivity index (χ2v) is 8.69. The number of amides is 1. The van der Waals surface area contributed by atoms with Gasteiger partial charge in [-0.3, -0.25) is 14.8 Å². The van der Waals surface area contributed by atoms with Crippen LogP contribution in [0.1, 0.15) is 25.6 Å². The Morgan fingerprint density at radius 3 is 2.96 bits per heavy atom. The van der Waals surface area contributed by atoms with Crippen LogP contribution in [0.4, 0.5) is 0 Å². The average Bonchev–Trinajstić information content (AvgIpc) is 3.22.